The van der Waals surface area contributed by atoms with Crippen molar-refractivity contribution in [2.24, 2.45) is 5.92 Å². The number of likely N-dealkylation sites (tertiary alicyclic amines) is 1. The summed E-state index contributed by atoms with van der Waals surface area (Å²) in [5.41, 5.74) is 6.97. The molecule has 1 saturated heterocycles. The van der Waals surface area contributed by atoms with E-state index < -0.39 is 10.0 Å². The molecule has 3 N–H and O–H groups in total. The zero-order valence-electron chi connectivity index (χ0n) is 12.6. The summed E-state index contributed by atoms with van der Waals surface area (Å²) in [6.07, 6.45) is 2.41. The van der Waals surface area contributed by atoms with Crippen molar-refractivity contribution in [2.45, 2.75) is 25.5 Å². The number of rotatable bonds is 6. The van der Waals surface area contributed by atoms with Gasteiger partial charge in [-0.15, -0.1) is 0 Å². The molecule has 1 aromatic rings. The predicted octanol–water partition coefficient (Wildman–Crippen LogP) is 1.42. The molecule has 0 radical (unpaired) electrons. The third-order valence-electron chi connectivity index (χ3n) is 3.93. The summed E-state index contributed by atoms with van der Waals surface area (Å²) in [5.74, 6) is 0.774. The first-order valence-electron chi connectivity index (χ1n) is 7.49. The van der Waals surface area contributed by atoms with Crippen molar-refractivity contribution in [1.29, 1.82) is 0 Å². The Morgan fingerprint density at radius 1 is 1.33 bits per heavy atom. The molecular formula is C15H25N3O2S. The molecule has 0 aliphatic carbocycles. The van der Waals surface area contributed by atoms with E-state index in [0.717, 1.165) is 25.6 Å². The van der Waals surface area contributed by atoms with Gasteiger partial charge in [-0.3, -0.25) is 0 Å². The molecule has 0 amide bonds. The summed E-state index contributed by atoms with van der Waals surface area (Å²) in [7, 11) is -3.30. The van der Waals surface area contributed by atoms with E-state index in [-0.39, 0.29) is 5.75 Å². The minimum absolute atomic E-state index is 0.0188. The van der Waals surface area contributed by atoms with Gasteiger partial charge in [0.1, 0.15) is 0 Å². The Bertz CT molecular complexity index is 552. The van der Waals surface area contributed by atoms with Crippen molar-refractivity contribution in [2.75, 3.05) is 31.9 Å². The third kappa shape index (κ3) is 5.65. The molecule has 0 saturated carbocycles. The Hall–Kier alpha value is -1.11. The van der Waals surface area contributed by atoms with Crippen LogP contribution in [0.25, 0.3) is 0 Å². The van der Waals surface area contributed by atoms with Gasteiger partial charge in [0.2, 0.25) is 10.0 Å². The van der Waals surface area contributed by atoms with Crippen LogP contribution in [0.3, 0.4) is 0 Å². The maximum Gasteiger partial charge on any atom is 0.215 e. The van der Waals surface area contributed by atoms with Crippen LogP contribution in [-0.2, 0) is 15.8 Å². The molecule has 21 heavy (non-hydrogen) atoms. The Morgan fingerprint density at radius 3 is 2.71 bits per heavy atom. The van der Waals surface area contributed by atoms with Gasteiger partial charge in [-0.1, -0.05) is 19.1 Å². The lowest BCUT2D eigenvalue weighted by atomic mass is 9.99. The fourth-order valence-electron chi connectivity index (χ4n) is 2.60. The zero-order chi connectivity index (χ0) is 15.3. The molecule has 1 fully saturated rings. The van der Waals surface area contributed by atoms with Crippen LogP contribution in [-0.4, -0.2) is 39.5 Å². The average molecular weight is 311 g/mol. The van der Waals surface area contributed by atoms with Gasteiger partial charge >= 0.3 is 0 Å². The molecule has 0 spiro atoms. The van der Waals surface area contributed by atoms with Crippen molar-refractivity contribution in [3.63, 3.8) is 0 Å². The molecule has 0 unspecified atom stereocenters. The van der Waals surface area contributed by atoms with Gasteiger partial charge < -0.3 is 10.6 Å². The molecule has 0 atom stereocenters. The fraction of sp³-hybridized carbons (Fsp3) is 0.600. The first kappa shape index (κ1) is 16.3. The molecule has 2 rings (SSSR count). The minimum Gasteiger partial charge on any atom is -0.399 e. The number of nitrogen functional groups attached to an aromatic ring is 1. The van der Waals surface area contributed by atoms with Crippen LogP contribution in [0.4, 0.5) is 5.69 Å². The normalized spacial score (nSPS) is 18.0. The molecule has 1 heterocycles. The lowest BCUT2D eigenvalue weighted by molar-refractivity contribution is 0.195. The van der Waals surface area contributed by atoms with E-state index in [1.807, 2.05) is 0 Å². The molecule has 118 valence electrons. The van der Waals surface area contributed by atoms with Crippen LogP contribution in [0.15, 0.2) is 24.3 Å². The number of nitrogens with zero attached hydrogens (tertiary/aromatic N) is 1. The van der Waals surface area contributed by atoms with E-state index in [9.17, 15) is 8.42 Å². The van der Waals surface area contributed by atoms with Crippen molar-refractivity contribution in [3.05, 3.63) is 29.8 Å². The van der Waals surface area contributed by atoms with E-state index in [4.69, 9.17) is 5.73 Å². The van der Waals surface area contributed by atoms with Gasteiger partial charge in [-0.05, 0) is 49.5 Å². The first-order valence-corrected chi connectivity index (χ1v) is 9.14. The predicted molar refractivity (Wildman–Crippen MR) is 86.3 cm³/mol. The highest BCUT2D eigenvalue weighted by Crippen LogP contribution is 2.15. The molecule has 1 aromatic carbocycles. The Morgan fingerprint density at radius 2 is 2.05 bits per heavy atom. The lowest BCUT2D eigenvalue weighted by Gasteiger charge is -2.30. The summed E-state index contributed by atoms with van der Waals surface area (Å²) >= 11 is 0. The van der Waals surface area contributed by atoms with Gasteiger partial charge in [-0.25, -0.2) is 13.1 Å². The smallest absolute Gasteiger partial charge is 0.215 e. The molecule has 1 aliphatic rings. The van der Waals surface area contributed by atoms with Crippen LogP contribution in [0.2, 0.25) is 0 Å². The number of nitrogens with one attached hydrogen (secondary N) is 1. The summed E-state index contributed by atoms with van der Waals surface area (Å²) in [6, 6.07) is 7.00. The van der Waals surface area contributed by atoms with E-state index in [0.29, 0.717) is 17.8 Å². The number of sulfonamides is 1. The largest absolute Gasteiger partial charge is 0.399 e. The second-order valence-corrected chi connectivity index (χ2v) is 7.73. The highest BCUT2D eigenvalue weighted by molar-refractivity contribution is 7.88. The quantitative estimate of drug-likeness (QED) is 0.779. The highest BCUT2D eigenvalue weighted by Gasteiger charge is 2.16. The summed E-state index contributed by atoms with van der Waals surface area (Å²) < 4.78 is 26.7. The molecule has 0 bridgehead atoms. The van der Waals surface area contributed by atoms with Crippen LogP contribution >= 0.6 is 0 Å². The van der Waals surface area contributed by atoms with Crippen LogP contribution in [0.5, 0.6) is 0 Å². The standard InChI is InChI=1S/C15H25N3O2S/c1-13-5-8-18(9-6-13)10-7-17-21(19,20)12-14-3-2-4-15(16)11-14/h2-4,11,13,17H,5-10,12,16H2,1H3. The topological polar surface area (TPSA) is 75.4 Å². The van der Waals surface area contributed by atoms with Crippen LogP contribution in [0.1, 0.15) is 25.3 Å². The van der Waals surface area contributed by atoms with Gasteiger partial charge in [0.15, 0.2) is 0 Å². The first-order chi connectivity index (χ1) is 9.94. The summed E-state index contributed by atoms with van der Waals surface area (Å²) in [4.78, 5) is 2.32. The van der Waals surface area contributed by atoms with Crippen molar-refractivity contribution < 1.29 is 8.42 Å². The second kappa shape index (κ2) is 7.24. The van der Waals surface area contributed by atoms with Crippen molar-refractivity contribution >= 4 is 15.7 Å². The Kier molecular flexibility index (Phi) is 5.61. The maximum absolute atomic E-state index is 12.0. The summed E-state index contributed by atoms with van der Waals surface area (Å²) in [6.45, 7) is 5.66. The van der Waals surface area contributed by atoms with E-state index in [1.165, 1.54) is 12.8 Å². The Balaban J connectivity index is 1.76. The number of hydrogen-bond acceptors (Lipinski definition) is 4. The van der Waals surface area contributed by atoms with Gasteiger partial charge in [0, 0.05) is 18.8 Å². The van der Waals surface area contributed by atoms with Crippen molar-refractivity contribution in [3.8, 4) is 0 Å². The highest BCUT2D eigenvalue weighted by atomic mass is 32.2. The second-order valence-electron chi connectivity index (χ2n) is 5.92. The molecule has 5 nitrogen and oxygen atoms in total. The molecule has 0 aromatic heterocycles. The molecular weight excluding hydrogens is 286 g/mol. The molecule has 6 heteroatoms. The van der Waals surface area contributed by atoms with Crippen LogP contribution in [0, 0.1) is 5.92 Å². The lowest BCUT2D eigenvalue weighted by Crippen LogP contribution is -2.39. The number of benzene rings is 1. The van der Waals surface area contributed by atoms with Crippen LogP contribution < -0.4 is 10.5 Å². The number of piperidine rings is 1. The number of anilines is 1. The van der Waals surface area contributed by atoms with Gasteiger partial charge in [0.05, 0.1) is 5.75 Å². The SMILES string of the molecule is CC1CCN(CCNS(=O)(=O)Cc2cccc(N)c2)CC1. The maximum atomic E-state index is 12.0. The fourth-order valence-corrected chi connectivity index (χ4v) is 3.72. The van der Waals surface area contributed by atoms with Gasteiger partial charge in [0.25, 0.3) is 0 Å². The monoisotopic (exact) mass is 311 g/mol. The van der Waals surface area contributed by atoms with E-state index in [2.05, 4.69) is 16.5 Å². The summed E-state index contributed by atoms with van der Waals surface area (Å²) in [5, 5.41) is 0. The van der Waals surface area contributed by atoms with E-state index in [1.54, 1.807) is 24.3 Å². The average Bonchev–Trinajstić information content (AvgIpc) is 2.40. The molecule has 1 aliphatic heterocycles. The van der Waals surface area contributed by atoms with Crippen molar-refractivity contribution in [1.82, 2.24) is 9.62 Å². The Labute approximate surface area is 127 Å². The van der Waals surface area contributed by atoms with Gasteiger partial charge in [-0.2, -0.15) is 0 Å². The number of hydrogen-bond donors (Lipinski definition) is 2. The third-order valence-corrected chi connectivity index (χ3v) is 5.29. The minimum atomic E-state index is -3.30. The zero-order valence-corrected chi connectivity index (χ0v) is 13.4. The van der Waals surface area contributed by atoms with E-state index >= 15 is 0 Å². The number of nitrogens with two attached hydrogens (primary N) is 1.